The van der Waals surface area contributed by atoms with Gasteiger partial charge in [-0.15, -0.1) is 0 Å². The van der Waals surface area contributed by atoms with E-state index in [0.29, 0.717) is 32.0 Å². The van der Waals surface area contributed by atoms with E-state index in [9.17, 15) is 14.4 Å². The third-order valence-electron chi connectivity index (χ3n) is 3.86. The number of benzene rings is 1. The van der Waals surface area contributed by atoms with Crippen molar-refractivity contribution in [3.63, 3.8) is 0 Å². The Labute approximate surface area is 164 Å². The number of urea groups is 1. The molecule has 0 radical (unpaired) electrons. The van der Waals surface area contributed by atoms with Crippen molar-refractivity contribution >= 4 is 24.1 Å². The fraction of sp³-hybridized carbons (Fsp3) is 0.474. The standard InChI is InChI=1S/C19H26N4O5/c1-19(2,3)28-18(26)23-12-10-22(11-13-23)15(14-8-6-5-7-9-14)20-16(24)21-17(25)27-4/h5-9H,10-13H2,1-4H3,(H,21,24,25). The number of ether oxygens (including phenoxy) is 2. The smallest absolute Gasteiger partial charge is 0.415 e. The molecule has 0 bridgehead atoms. The Hall–Kier alpha value is -3.10. The van der Waals surface area contributed by atoms with Gasteiger partial charge in [0.2, 0.25) is 0 Å². The summed E-state index contributed by atoms with van der Waals surface area (Å²) in [6.07, 6.45) is -1.25. The summed E-state index contributed by atoms with van der Waals surface area (Å²) in [4.78, 5) is 43.1. The van der Waals surface area contributed by atoms with Crippen LogP contribution in [0.15, 0.2) is 35.3 Å². The van der Waals surface area contributed by atoms with Crippen LogP contribution in [0, 0.1) is 0 Å². The lowest BCUT2D eigenvalue weighted by atomic mass is 10.1. The molecular weight excluding hydrogens is 364 g/mol. The number of aliphatic imine (C=N–C) groups is 1. The largest absolute Gasteiger partial charge is 0.453 e. The second-order valence-electron chi connectivity index (χ2n) is 7.18. The Morgan fingerprint density at radius 3 is 2.11 bits per heavy atom. The van der Waals surface area contributed by atoms with Crippen molar-refractivity contribution in [2.45, 2.75) is 26.4 Å². The molecule has 0 saturated carbocycles. The van der Waals surface area contributed by atoms with Crippen LogP contribution in [0.25, 0.3) is 0 Å². The number of carbonyl (C=O) groups excluding carboxylic acids is 3. The number of imide groups is 1. The van der Waals surface area contributed by atoms with Gasteiger partial charge < -0.3 is 19.3 Å². The van der Waals surface area contributed by atoms with Crippen molar-refractivity contribution in [2.75, 3.05) is 33.3 Å². The van der Waals surface area contributed by atoms with E-state index >= 15 is 0 Å². The zero-order chi connectivity index (χ0) is 20.7. The Balaban J connectivity index is 2.12. The highest BCUT2D eigenvalue weighted by Crippen LogP contribution is 2.14. The SMILES string of the molecule is COC(=O)NC(=O)N=C(c1ccccc1)N1CCN(C(=O)OC(C)(C)C)CC1. The highest BCUT2D eigenvalue weighted by molar-refractivity contribution is 6.06. The van der Waals surface area contributed by atoms with Gasteiger partial charge in [-0.25, -0.2) is 19.7 Å². The van der Waals surface area contributed by atoms with E-state index in [2.05, 4.69) is 9.73 Å². The number of hydrogen-bond donors (Lipinski definition) is 1. The molecule has 0 spiro atoms. The van der Waals surface area contributed by atoms with Crippen molar-refractivity contribution in [1.82, 2.24) is 15.1 Å². The number of hydrogen-bond acceptors (Lipinski definition) is 5. The summed E-state index contributed by atoms with van der Waals surface area (Å²) >= 11 is 0. The average Bonchev–Trinajstić information content (AvgIpc) is 2.65. The number of amides is 4. The minimum Gasteiger partial charge on any atom is -0.453 e. The molecule has 1 saturated heterocycles. The summed E-state index contributed by atoms with van der Waals surface area (Å²) < 4.78 is 9.82. The van der Waals surface area contributed by atoms with E-state index in [1.54, 1.807) is 4.90 Å². The molecule has 9 nitrogen and oxygen atoms in total. The number of methoxy groups -OCH3 is 1. The van der Waals surface area contributed by atoms with Crippen LogP contribution < -0.4 is 5.32 Å². The molecule has 1 aliphatic heterocycles. The number of nitrogens with one attached hydrogen (secondary N) is 1. The van der Waals surface area contributed by atoms with E-state index in [-0.39, 0.29) is 6.09 Å². The van der Waals surface area contributed by atoms with Gasteiger partial charge in [0.25, 0.3) is 0 Å². The van der Waals surface area contributed by atoms with Crippen LogP contribution in [0.1, 0.15) is 26.3 Å². The average molecular weight is 390 g/mol. The highest BCUT2D eigenvalue weighted by atomic mass is 16.6. The van der Waals surface area contributed by atoms with Gasteiger partial charge in [-0.2, -0.15) is 4.99 Å². The van der Waals surface area contributed by atoms with E-state index < -0.39 is 17.7 Å². The number of alkyl carbamates (subject to hydrolysis) is 1. The van der Waals surface area contributed by atoms with Crippen molar-refractivity contribution in [3.05, 3.63) is 35.9 Å². The molecule has 0 unspecified atom stereocenters. The summed E-state index contributed by atoms with van der Waals surface area (Å²) in [7, 11) is 1.17. The number of carbonyl (C=O) groups is 3. The molecule has 1 heterocycles. The third-order valence-corrected chi connectivity index (χ3v) is 3.86. The minimum atomic E-state index is -0.879. The predicted molar refractivity (Wildman–Crippen MR) is 103 cm³/mol. The lowest BCUT2D eigenvalue weighted by Crippen LogP contribution is -2.52. The predicted octanol–water partition coefficient (Wildman–Crippen LogP) is 2.46. The topological polar surface area (TPSA) is 101 Å². The van der Waals surface area contributed by atoms with Crippen LogP contribution in [-0.4, -0.2) is 72.7 Å². The van der Waals surface area contributed by atoms with Crippen LogP contribution in [0.3, 0.4) is 0 Å². The quantitative estimate of drug-likeness (QED) is 0.584. The van der Waals surface area contributed by atoms with Gasteiger partial charge in [-0.05, 0) is 20.8 Å². The van der Waals surface area contributed by atoms with Crippen LogP contribution >= 0.6 is 0 Å². The molecule has 2 rings (SSSR count). The Morgan fingerprint density at radius 2 is 1.57 bits per heavy atom. The number of nitrogens with zero attached hydrogens (tertiary/aromatic N) is 3. The molecule has 1 fully saturated rings. The molecule has 0 aliphatic carbocycles. The molecule has 1 aliphatic rings. The molecule has 152 valence electrons. The second-order valence-corrected chi connectivity index (χ2v) is 7.18. The first kappa shape index (κ1) is 21.2. The fourth-order valence-corrected chi connectivity index (χ4v) is 2.59. The maximum atomic E-state index is 12.2. The number of piperazine rings is 1. The molecular formula is C19H26N4O5. The summed E-state index contributed by atoms with van der Waals surface area (Å²) in [5.41, 5.74) is 0.171. The van der Waals surface area contributed by atoms with Crippen LogP contribution in [-0.2, 0) is 9.47 Å². The summed E-state index contributed by atoms with van der Waals surface area (Å²) in [6, 6.07) is 8.35. The molecule has 4 amide bonds. The molecule has 1 aromatic carbocycles. The fourth-order valence-electron chi connectivity index (χ4n) is 2.59. The highest BCUT2D eigenvalue weighted by Gasteiger charge is 2.27. The maximum absolute atomic E-state index is 12.2. The van der Waals surface area contributed by atoms with Crippen molar-refractivity contribution in [1.29, 1.82) is 0 Å². The monoisotopic (exact) mass is 390 g/mol. The van der Waals surface area contributed by atoms with E-state index in [1.807, 2.05) is 61.3 Å². The van der Waals surface area contributed by atoms with Crippen molar-refractivity contribution in [2.24, 2.45) is 4.99 Å². The first-order chi connectivity index (χ1) is 13.2. The van der Waals surface area contributed by atoms with E-state index in [0.717, 1.165) is 5.56 Å². The minimum absolute atomic E-state index is 0.367. The first-order valence-corrected chi connectivity index (χ1v) is 8.95. The van der Waals surface area contributed by atoms with Gasteiger partial charge in [0.1, 0.15) is 11.4 Å². The second kappa shape index (κ2) is 9.20. The van der Waals surface area contributed by atoms with Crippen molar-refractivity contribution < 1.29 is 23.9 Å². The van der Waals surface area contributed by atoms with Gasteiger partial charge in [0, 0.05) is 31.7 Å². The van der Waals surface area contributed by atoms with Gasteiger partial charge in [-0.3, -0.25) is 0 Å². The van der Waals surface area contributed by atoms with Gasteiger partial charge in [0.15, 0.2) is 0 Å². The van der Waals surface area contributed by atoms with Gasteiger partial charge >= 0.3 is 18.2 Å². The van der Waals surface area contributed by atoms with E-state index in [4.69, 9.17) is 4.74 Å². The lowest BCUT2D eigenvalue weighted by Gasteiger charge is -2.37. The zero-order valence-electron chi connectivity index (χ0n) is 16.6. The maximum Gasteiger partial charge on any atom is 0.415 e. The molecule has 1 aromatic rings. The van der Waals surface area contributed by atoms with Crippen molar-refractivity contribution in [3.8, 4) is 0 Å². The summed E-state index contributed by atoms with van der Waals surface area (Å²) in [5.74, 6) is 0.422. The molecule has 28 heavy (non-hydrogen) atoms. The Bertz CT molecular complexity index is 734. The molecule has 0 aromatic heterocycles. The normalized spacial score (nSPS) is 15.1. The van der Waals surface area contributed by atoms with E-state index in [1.165, 1.54) is 7.11 Å². The Kier molecular flexibility index (Phi) is 6.97. The molecule has 9 heteroatoms. The van der Waals surface area contributed by atoms with Crippen LogP contribution in [0.4, 0.5) is 14.4 Å². The molecule has 0 atom stereocenters. The zero-order valence-corrected chi connectivity index (χ0v) is 16.6. The third kappa shape index (κ3) is 6.26. The lowest BCUT2D eigenvalue weighted by molar-refractivity contribution is 0.0187. The summed E-state index contributed by atoms with van der Waals surface area (Å²) in [5, 5.41) is 2.02. The number of rotatable bonds is 1. The van der Waals surface area contributed by atoms with Gasteiger partial charge in [-0.1, -0.05) is 30.3 Å². The van der Waals surface area contributed by atoms with Crippen LogP contribution in [0.2, 0.25) is 0 Å². The Morgan fingerprint density at radius 1 is 1.00 bits per heavy atom. The molecule has 1 N–H and O–H groups in total. The van der Waals surface area contributed by atoms with Crippen LogP contribution in [0.5, 0.6) is 0 Å². The summed E-state index contributed by atoms with van der Waals surface area (Å²) in [6.45, 7) is 7.26. The van der Waals surface area contributed by atoms with Gasteiger partial charge in [0.05, 0.1) is 7.11 Å². The number of amidine groups is 1. The first-order valence-electron chi connectivity index (χ1n) is 8.95.